The maximum atomic E-state index is 9.10. The number of hydrogen-bond donors (Lipinski definition) is 2. The smallest absolute Gasteiger partial charge is 0.414 e. The summed E-state index contributed by atoms with van der Waals surface area (Å²) >= 11 is 0. The van der Waals surface area contributed by atoms with Gasteiger partial charge in [0.05, 0.1) is 14.2 Å². The van der Waals surface area contributed by atoms with E-state index in [-0.39, 0.29) is 0 Å². The van der Waals surface area contributed by atoms with Crippen LogP contribution in [0.5, 0.6) is 11.5 Å². The first-order valence-electron chi connectivity index (χ1n) is 10.5. The Morgan fingerprint density at radius 3 is 1.83 bits per heavy atom. The number of nitrogens with zero attached hydrogens (tertiary/aromatic N) is 2. The second kappa shape index (κ2) is 11.8. The Morgan fingerprint density at radius 1 is 0.900 bits per heavy atom. The van der Waals surface area contributed by atoms with Crippen molar-refractivity contribution in [1.82, 2.24) is 9.80 Å². The fourth-order valence-corrected chi connectivity index (χ4v) is 4.11. The van der Waals surface area contributed by atoms with E-state index in [1.54, 1.807) is 14.2 Å². The van der Waals surface area contributed by atoms with Crippen LogP contribution in [-0.4, -0.2) is 78.4 Å². The van der Waals surface area contributed by atoms with Gasteiger partial charge in [0.25, 0.3) is 0 Å². The summed E-state index contributed by atoms with van der Waals surface area (Å²) in [6.07, 6.45) is 5.62. The number of aliphatic carboxylic acids is 2. The summed E-state index contributed by atoms with van der Waals surface area (Å²) in [5.41, 5.74) is 1.27. The SMILES string of the molecule is COc1cc(CN2CCN(C3CCC(C)CC3)CC2)cc(OC)c1.O=C(O)C(=O)O. The lowest BCUT2D eigenvalue weighted by Gasteiger charge is -2.41. The zero-order chi connectivity index (χ0) is 22.1. The number of carboxylic acid groups (broad SMARTS) is 2. The summed E-state index contributed by atoms with van der Waals surface area (Å²) in [5, 5.41) is 14.8. The van der Waals surface area contributed by atoms with Crippen LogP contribution < -0.4 is 9.47 Å². The minimum Gasteiger partial charge on any atom is -0.497 e. The highest BCUT2D eigenvalue weighted by atomic mass is 16.5. The molecular weight excluding hydrogens is 388 g/mol. The van der Waals surface area contributed by atoms with Gasteiger partial charge in [-0.3, -0.25) is 9.80 Å². The molecule has 0 spiro atoms. The standard InChI is InChI=1S/C20H32N2O2.C2H2O4/c1-16-4-6-18(7-5-16)22-10-8-21(9-11-22)15-17-12-19(23-2)14-20(13-17)24-3;3-1(4)2(5)6/h12-14,16,18H,4-11,15H2,1-3H3;(H,3,4)(H,5,6). The van der Waals surface area contributed by atoms with Gasteiger partial charge in [0.1, 0.15) is 11.5 Å². The average Bonchev–Trinajstić information content (AvgIpc) is 2.75. The minimum absolute atomic E-state index is 0.834. The number of methoxy groups -OCH3 is 2. The molecule has 2 aliphatic rings. The predicted molar refractivity (Wildman–Crippen MR) is 113 cm³/mol. The Bertz CT molecular complexity index is 661. The molecule has 1 saturated heterocycles. The molecule has 0 atom stereocenters. The maximum Gasteiger partial charge on any atom is 0.414 e. The highest BCUT2D eigenvalue weighted by Crippen LogP contribution is 2.28. The Balaban J connectivity index is 0.000000469. The Hall–Kier alpha value is -2.32. The molecule has 0 unspecified atom stereocenters. The number of ether oxygens (including phenoxy) is 2. The third-order valence-electron chi connectivity index (χ3n) is 5.91. The van der Waals surface area contributed by atoms with Crippen LogP contribution >= 0.6 is 0 Å². The lowest BCUT2D eigenvalue weighted by Crippen LogP contribution is -2.50. The molecule has 8 heteroatoms. The molecule has 0 bridgehead atoms. The quantitative estimate of drug-likeness (QED) is 0.699. The zero-order valence-corrected chi connectivity index (χ0v) is 18.2. The first-order valence-corrected chi connectivity index (χ1v) is 10.5. The summed E-state index contributed by atoms with van der Waals surface area (Å²) in [5.74, 6) is -0.964. The van der Waals surface area contributed by atoms with E-state index in [0.717, 1.165) is 43.1 Å². The molecule has 2 N–H and O–H groups in total. The number of benzene rings is 1. The van der Waals surface area contributed by atoms with Gasteiger partial charge in [-0.15, -0.1) is 0 Å². The lowest BCUT2D eigenvalue weighted by molar-refractivity contribution is -0.159. The molecule has 0 amide bonds. The highest BCUT2D eigenvalue weighted by Gasteiger charge is 2.27. The number of rotatable bonds is 5. The summed E-state index contributed by atoms with van der Waals surface area (Å²) < 4.78 is 10.8. The van der Waals surface area contributed by atoms with Crippen molar-refractivity contribution in [3.8, 4) is 11.5 Å². The fourth-order valence-electron chi connectivity index (χ4n) is 4.11. The third-order valence-corrected chi connectivity index (χ3v) is 5.91. The summed E-state index contributed by atoms with van der Waals surface area (Å²) in [6.45, 7) is 8.11. The molecule has 0 aromatic heterocycles. The summed E-state index contributed by atoms with van der Waals surface area (Å²) in [6, 6.07) is 7.01. The van der Waals surface area contributed by atoms with Crippen molar-refractivity contribution >= 4 is 11.9 Å². The molecule has 2 fully saturated rings. The second-order valence-electron chi connectivity index (χ2n) is 8.06. The van der Waals surface area contributed by atoms with E-state index in [1.807, 2.05) is 6.07 Å². The zero-order valence-electron chi connectivity index (χ0n) is 18.2. The van der Waals surface area contributed by atoms with E-state index in [2.05, 4.69) is 28.9 Å². The molecule has 1 aromatic carbocycles. The molecule has 3 rings (SSSR count). The first kappa shape index (κ1) is 24.0. The summed E-state index contributed by atoms with van der Waals surface area (Å²) in [7, 11) is 3.42. The minimum atomic E-state index is -1.82. The molecule has 1 aliphatic carbocycles. The van der Waals surface area contributed by atoms with Gasteiger partial charge in [-0.25, -0.2) is 9.59 Å². The van der Waals surface area contributed by atoms with E-state index in [9.17, 15) is 0 Å². The van der Waals surface area contributed by atoms with Crippen molar-refractivity contribution < 1.29 is 29.3 Å². The molecule has 1 heterocycles. The largest absolute Gasteiger partial charge is 0.497 e. The van der Waals surface area contributed by atoms with Gasteiger partial charge in [0.15, 0.2) is 0 Å². The number of hydrogen-bond acceptors (Lipinski definition) is 6. The fraction of sp³-hybridized carbons (Fsp3) is 0.636. The van der Waals surface area contributed by atoms with Crippen molar-refractivity contribution in [3.63, 3.8) is 0 Å². The van der Waals surface area contributed by atoms with Gasteiger partial charge >= 0.3 is 11.9 Å². The lowest BCUT2D eigenvalue weighted by atomic mass is 9.86. The maximum absolute atomic E-state index is 9.10. The second-order valence-corrected chi connectivity index (χ2v) is 8.06. The van der Waals surface area contributed by atoms with E-state index in [1.165, 1.54) is 44.3 Å². The Kier molecular flexibility index (Phi) is 9.39. The van der Waals surface area contributed by atoms with Gasteiger partial charge in [-0.2, -0.15) is 0 Å². The number of carbonyl (C=O) groups is 2. The predicted octanol–water partition coefficient (Wildman–Crippen LogP) is 2.56. The van der Waals surface area contributed by atoms with Gasteiger partial charge < -0.3 is 19.7 Å². The molecular formula is C22H34N2O6. The third kappa shape index (κ3) is 7.50. The van der Waals surface area contributed by atoms with Crippen LogP contribution in [0.15, 0.2) is 18.2 Å². The van der Waals surface area contributed by atoms with E-state index in [0.29, 0.717) is 0 Å². The highest BCUT2D eigenvalue weighted by molar-refractivity contribution is 6.27. The van der Waals surface area contributed by atoms with Crippen LogP contribution in [-0.2, 0) is 16.1 Å². The van der Waals surface area contributed by atoms with Crippen molar-refractivity contribution in [1.29, 1.82) is 0 Å². The van der Waals surface area contributed by atoms with Crippen molar-refractivity contribution in [3.05, 3.63) is 23.8 Å². The van der Waals surface area contributed by atoms with Gasteiger partial charge in [0.2, 0.25) is 0 Å². The topological polar surface area (TPSA) is 99.5 Å². The molecule has 1 saturated carbocycles. The number of carboxylic acids is 2. The van der Waals surface area contributed by atoms with Gasteiger partial charge in [-0.05, 0) is 49.3 Å². The molecule has 1 aromatic rings. The molecule has 1 aliphatic heterocycles. The van der Waals surface area contributed by atoms with E-state index in [4.69, 9.17) is 29.3 Å². The van der Waals surface area contributed by atoms with Crippen LogP contribution in [0.4, 0.5) is 0 Å². The first-order chi connectivity index (χ1) is 14.3. The molecule has 0 radical (unpaired) electrons. The van der Waals surface area contributed by atoms with Gasteiger partial charge in [0, 0.05) is 44.8 Å². The Labute approximate surface area is 178 Å². The van der Waals surface area contributed by atoms with Crippen LogP contribution in [0.25, 0.3) is 0 Å². The van der Waals surface area contributed by atoms with Crippen LogP contribution in [0.3, 0.4) is 0 Å². The van der Waals surface area contributed by atoms with E-state index < -0.39 is 11.9 Å². The normalized spacial score (nSPS) is 22.5. The van der Waals surface area contributed by atoms with Crippen LogP contribution in [0.1, 0.15) is 38.2 Å². The van der Waals surface area contributed by atoms with Crippen LogP contribution in [0, 0.1) is 5.92 Å². The van der Waals surface area contributed by atoms with Crippen molar-refractivity contribution in [2.45, 2.75) is 45.2 Å². The Morgan fingerprint density at radius 2 is 1.40 bits per heavy atom. The summed E-state index contributed by atoms with van der Waals surface area (Å²) in [4.78, 5) is 23.5. The van der Waals surface area contributed by atoms with Crippen LogP contribution in [0.2, 0.25) is 0 Å². The monoisotopic (exact) mass is 422 g/mol. The average molecular weight is 423 g/mol. The van der Waals surface area contributed by atoms with Gasteiger partial charge in [-0.1, -0.05) is 6.92 Å². The number of piperazine rings is 1. The molecule has 168 valence electrons. The van der Waals surface area contributed by atoms with Crippen molar-refractivity contribution in [2.24, 2.45) is 5.92 Å². The molecule has 30 heavy (non-hydrogen) atoms. The van der Waals surface area contributed by atoms with Crippen molar-refractivity contribution in [2.75, 3.05) is 40.4 Å². The molecule has 8 nitrogen and oxygen atoms in total. The van der Waals surface area contributed by atoms with E-state index >= 15 is 0 Å².